The van der Waals surface area contributed by atoms with E-state index in [1.54, 1.807) is 11.3 Å². The Bertz CT molecular complexity index is 773. The largest absolute Gasteiger partial charge is 0.353 e. The molecule has 3 heterocycles. The van der Waals surface area contributed by atoms with Crippen LogP contribution >= 0.6 is 27.3 Å². The third kappa shape index (κ3) is 2.69. The Morgan fingerprint density at radius 2 is 2.26 bits per heavy atom. The molecular formula is C17H18BrN3OS. The van der Waals surface area contributed by atoms with Gasteiger partial charge in [-0.1, -0.05) is 35.0 Å². The smallest absolute Gasteiger partial charge is 0.256 e. The third-order valence-corrected chi connectivity index (χ3v) is 6.18. The maximum atomic E-state index is 12.7. The van der Waals surface area contributed by atoms with Gasteiger partial charge in [0.05, 0.1) is 5.56 Å². The molecule has 0 unspecified atom stereocenters. The molecule has 1 atom stereocenters. The van der Waals surface area contributed by atoms with Gasteiger partial charge < -0.3 is 10.6 Å². The van der Waals surface area contributed by atoms with Crippen molar-refractivity contribution >= 4 is 38.2 Å². The van der Waals surface area contributed by atoms with E-state index >= 15 is 0 Å². The quantitative estimate of drug-likeness (QED) is 0.819. The first kappa shape index (κ1) is 15.2. The Balaban J connectivity index is 1.68. The van der Waals surface area contributed by atoms with E-state index in [0.717, 1.165) is 46.7 Å². The molecule has 23 heavy (non-hydrogen) atoms. The average Bonchev–Trinajstić information content (AvgIpc) is 2.92. The standard InChI is InChI=1S/C17H18BrN3OS/c1-2-21-7-6-12-13(9-21)23-17-14(12)16(22)19-15(20-17)10-4-3-5-11(18)8-10/h3-5,8,15,20H,2,6-7,9H2,1H3,(H,19,22)/t15-/m1/s1. The van der Waals surface area contributed by atoms with E-state index < -0.39 is 0 Å². The number of benzene rings is 1. The minimum absolute atomic E-state index is 0.0474. The van der Waals surface area contributed by atoms with E-state index in [1.165, 1.54) is 10.4 Å². The molecule has 0 fully saturated rings. The Morgan fingerprint density at radius 3 is 3.04 bits per heavy atom. The molecular weight excluding hydrogens is 374 g/mol. The molecule has 2 N–H and O–H groups in total. The number of hydrogen-bond donors (Lipinski definition) is 2. The van der Waals surface area contributed by atoms with Crippen LogP contribution in [0.5, 0.6) is 0 Å². The minimum Gasteiger partial charge on any atom is -0.353 e. The van der Waals surface area contributed by atoms with Gasteiger partial charge in [0.15, 0.2) is 0 Å². The van der Waals surface area contributed by atoms with Gasteiger partial charge >= 0.3 is 0 Å². The zero-order valence-electron chi connectivity index (χ0n) is 12.9. The van der Waals surface area contributed by atoms with Crippen molar-refractivity contribution in [2.45, 2.75) is 26.1 Å². The topological polar surface area (TPSA) is 44.4 Å². The Labute approximate surface area is 148 Å². The summed E-state index contributed by atoms with van der Waals surface area (Å²) in [6.07, 6.45) is 0.793. The van der Waals surface area contributed by atoms with Gasteiger partial charge in [-0.2, -0.15) is 0 Å². The second-order valence-electron chi connectivity index (χ2n) is 5.93. The zero-order valence-corrected chi connectivity index (χ0v) is 15.3. The molecule has 4 rings (SSSR count). The van der Waals surface area contributed by atoms with E-state index in [0.29, 0.717) is 0 Å². The van der Waals surface area contributed by atoms with Gasteiger partial charge in [0, 0.05) is 22.4 Å². The van der Waals surface area contributed by atoms with Crippen LogP contribution in [0.4, 0.5) is 5.00 Å². The van der Waals surface area contributed by atoms with E-state index in [2.05, 4.69) is 38.4 Å². The number of rotatable bonds is 2. The lowest BCUT2D eigenvalue weighted by Gasteiger charge is -2.28. The third-order valence-electron chi connectivity index (χ3n) is 4.54. The number of fused-ring (bicyclic) bond motifs is 3. The number of likely N-dealkylation sites (N-methyl/N-ethyl adjacent to an activating group) is 1. The minimum atomic E-state index is -0.171. The second-order valence-corrected chi connectivity index (χ2v) is 7.95. The lowest BCUT2D eigenvalue weighted by atomic mass is 10.0. The predicted molar refractivity (Wildman–Crippen MR) is 96.9 cm³/mol. The number of hydrogen-bond acceptors (Lipinski definition) is 4. The Kier molecular flexibility index (Phi) is 3.91. The molecule has 0 saturated carbocycles. The molecule has 4 nitrogen and oxygen atoms in total. The van der Waals surface area contributed by atoms with Crippen LogP contribution in [0.25, 0.3) is 0 Å². The van der Waals surface area contributed by atoms with Gasteiger partial charge in [0.2, 0.25) is 0 Å². The first-order valence-electron chi connectivity index (χ1n) is 7.85. The molecule has 0 saturated heterocycles. The first-order valence-corrected chi connectivity index (χ1v) is 9.46. The molecule has 2 aromatic rings. The van der Waals surface area contributed by atoms with Gasteiger partial charge in [0.1, 0.15) is 11.2 Å². The molecule has 120 valence electrons. The molecule has 0 bridgehead atoms. The molecule has 6 heteroatoms. The molecule has 0 spiro atoms. The summed E-state index contributed by atoms with van der Waals surface area (Å²) in [5.41, 5.74) is 3.17. The summed E-state index contributed by atoms with van der Waals surface area (Å²) >= 11 is 5.23. The summed E-state index contributed by atoms with van der Waals surface area (Å²) in [5.74, 6) is 0.0474. The number of carbonyl (C=O) groups is 1. The van der Waals surface area contributed by atoms with Crippen LogP contribution in [0.3, 0.4) is 0 Å². The molecule has 0 radical (unpaired) electrons. The van der Waals surface area contributed by atoms with Crippen molar-refractivity contribution in [2.24, 2.45) is 0 Å². The van der Waals surface area contributed by atoms with Crippen LogP contribution in [0, 0.1) is 0 Å². The Morgan fingerprint density at radius 1 is 1.39 bits per heavy atom. The molecule has 2 aliphatic heterocycles. The van der Waals surface area contributed by atoms with Crippen LogP contribution in [-0.2, 0) is 13.0 Å². The van der Waals surface area contributed by atoms with E-state index in [-0.39, 0.29) is 12.1 Å². The SMILES string of the molecule is CCN1CCc2c(sc3c2C(=O)N[C@@H](c2cccc(Br)c2)N3)C1. The average molecular weight is 392 g/mol. The highest BCUT2D eigenvalue weighted by Crippen LogP contribution is 2.40. The van der Waals surface area contributed by atoms with Crippen LogP contribution in [-0.4, -0.2) is 23.9 Å². The summed E-state index contributed by atoms with van der Waals surface area (Å²) in [6, 6.07) is 8.04. The van der Waals surface area contributed by atoms with Gasteiger partial charge in [0.25, 0.3) is 5.91 Å². The highest BCUT2D eigenvalue weighted by atomic mass is 79.9. The van der Waals surface area contributed by atoms with Crippen molar-refractivity contribution in [1.29, 1.82) is 0 Å². The molecule has 1 aromatic carbocycles. The maximum absolute atomic E-state index is 12.7. The van der Waals surface area contributed by atoms with Crippen LogP contribution in [0.15, 0.2) is 28.7 Å². The number of nitrogens with zero attached hydrogens (tertiary/aromatic N) is 1. The zero-order chi connectivity index (χ0) is 16.0. The van der Waals surface area contributed by atoms with Crippen molar-refractivity contribution in [1.82, 2.24) is 10.2 Å². The van der Waals surface area contributed by atoms with Crippen LogP contribution in [0.2, 0.25) is 0 Å². The number of nitrogens with one attached hydrogen (secondary N) is 2. The second kappa shape index (κ2) is 5.92. The van der Waals surface area contributed by atoms with Crippen molar-refractivity contribution in [3.05, 3.63) is 50.3 Å². The van der Waals surface area contributed by atoms with E-state index in [9.17, 15) is 4.79 Å². The number of amides is 1. The van der Waals surface area contributed by atoms with Gasteiger partial charge in [-0.25, -0.2) is 0 Å². The number of carbonyl (C=O) groups excluding carboxylic acids is 1. The fourth-order valence-electron chi connectivity index (χ4n) is 3.29. The number of thiophene rings is 1. The summed E-state index contributed by atoms with van der Waals surface area (Å²) < 4.78 is 1.01. The lowest BCUT2D eigenvalue weighted by molar-refractivity contribution is 0.0934. The fourth-order valence-corrected chi connectivity index (χ4v) is 5.02. The molecule has 1 amide bonds. The summed E-state index contributed by atoms with van der Waals surface area (Å²) in [6.45, 7) is 5.24. The van der Waals surface area contributed by atoms with Crippen molar-refractivity contribution in [2.75, 3.05) is 18.4 Å². The highest BCUT2D eigenvalue weighted by molar-refractivity contribution is 9.10. The van der Waals surface area contributed by atoms with Crippen molar-refractivity contribution in [3.63, 3.8) is 0 Å². The molecule has 0 aliphatic carbocycles. The molecule has 2 aliphatic rings. The lowest BCUT2D eigenvalue weighted by Crippen LogP contribution is -2.38. The summed E-state index contributed by atoms with van der Waals surface area (Å²) in [5, 5.41) is 7.62. The van der Waals surface area contributed by atoms with Crippen molar-refractivity contribution < 1.29 is 4.79 Å². The van der Waals surface area contributed by atoms with E-state index in [4.69, 9.17) is 0 Å². The normalized spacial score (nSPS) is 20.4. The van der Waals surface area contributed by atoms with Crippen LogP contribution in [0.1, 0.15) is 39.5 Å². The van der Waals surface area contributed by atoms with Gasteiger partial charge in [-0.05, 0) is 36.2 Å². The summed E-state index contributed by atoms with van der Waals surface area (Å²) in [4.78, 5) is 16.4. The van der Waals surface area contributed by atoms with Crippen molar-refractivity contribution in [3.8, 4) is 0 Å². The van der Waals surface area contributed by atoms with Gasteiger partial charge in [-0.15, -0.1) is 11.3 Å². The summed E-state index contributed by atoms with van der Waals surface area (Å²) in [7, 11) is 0. The molecule has 1 aromatic heterocycles. The van der Waals surface area contributed by atoms with E-state index in [1.807, 2.05) is 24.3 Å². The predicted octanol–water partition coefficient (Wildman–Crippen LogP) is 3.74. The highest BCUT2D eigenvalue weighted by Gasteiger charge is 2.33. The fraction of sp³-hybridized carbons (Fsp3) is 0.353. The number of anilines is 1. The Hall–Kier alpha value is -1.37. The van der Waals surface area contributed by atoms with Gasteiger partial charge in [-0.3, -0.25) is 9.69 Å². The number of halogens is 1. The maximum Gasteiger partial charge on any atom is 0.256 e. The monoisotopic (exact) mass is 391 g/mol. The van der Waals surface area contributed by atoms with Crippen LogP contribution < -0.4 is 10.6 Å². The first-order chi connectivity index (χ1) is 11.2.